The van der Waals surface area contributed by atoms with E-state index in [2.05, 4.69) is 5.32 Å². The predicted molar refractivity (Wildman–Crippen MR) is 80.4 cm³/mol. The molecule has 110 valence electrons. The minimum Gasteiger partial charge on any atom is -0.397 e. The third kappa shape index (κ3) is 5.07. The molecule has 0 aromatic heterocycles. The van der Waals surface area contributed by atoms with Gasteiger partial charge in [0.15, 0.2) is 0 Å². The maximum Gasteiger partial charge on any atom is 0.238 e. The number of anilines is 2. The molecule has 0 unspecified atom stereocenters. The number of carbonyl (C=O) groups excluding carboxylic acids is 2. The summed E-state index contributed by atoms with van der Waals surface area (Å²) in [4.78, 5) is 24.6. The smallest absolute Gasteiger partial charge is 0.238 e. The third-order valence-corrected chi connectivity index (χ3v) is 2.96. The first-order valence-electron chi connectivity index (χ1n) is 6.17. The van der Waals surface area contributed by atoms with Gasteiger partial charge < -0.3 is 16.8 Å². The number of nitrogens with two attached hydrogens (primary N) is 2. The van der Waals surface area contributed by atoms with Gasteiger partial charge in [0.1, 0.15) is 0 Å². The maximum atomic E-state index is 12.0. The van der Waals surface area contributed by atoms with Crippen LogP contribution >= 0.6 is 11.6 Å². The lowest BCUT2D eigenvalue weighted by molar-refractivity contribution is -0.121. The number of rotatable bonds is 6. The van der Waals surface area contributed by atoms with Crippen LogP contribution in [0.2, 0.25) is 5.02 Å². The summed E-state index contributed by atoms with van der Waals surface area (Å²) in [5.41, 5.74) is 11.8. The van der Waals surface area contributed by atoms with Gasteiger partial charge in [-0.1, -0.05) is 11.6 Å². The number of primary amides is 1. The van der Waals surface area contributed by atoms with E-state index in [9.17, 15) is 9.59 Å². The van der Waals surface area contributed by atoms with Gasteiger partial charge in [-0.2, -0.15) is 0 Å². The molecule has 0 aliphatic rings. The molecule has 0 spiro atoms. The molecule has 0 aliphatic heterocycles. The van der Waals surface area contributed by atoms with Crippen LogP contribution in [0.15, 0.2) is 18.2 Å². The number of halogens is 1. The second-order valence-electron chi connectivity index (χ2n) is 4.74. The Morgan fingerprint density at radius 1 is 1.35 bits per heavy atom. The number of benzene rings is 1. The van der Waals surface area contributed by atoms with E-state index in [0.29, 0.717) is 16.4 Å². The summed E-state index contributed by atoms with van der Waals surface area (Å²) in [7, 11) is 0. The lowest BCUT2D eigenvalue weighted by Crippen LogP contribution is -2.43. The third-order valence-electron chi connectivity index (χ3n) is 2.72. The van der Waals surface area contributed by atoms with Crippen molar-refractivity contribution in [2.24, 2.45) is 5.73 Å². The normalized spacial score (nSPS) is 10.8. The van der Waals surface area contributed by atoms with Crippen molar-refractivity contribution >= 4 is 34.8 Å². The van der Waals surface area contributed by atoms with Crippen LogP contribution in [0.3, 0.4) is 0 Å². The molecule has 0 radical (unpaired) electrons. The quantitative estimate of drug-likeness (QED) is 0.683. The largest absolute Gasteiger partial charge is 0.397 e. The Labute approximate surface area is 123 Å². The van der Waals surface area contributed by atoms with Gasteiger partial charge in [0.05, 0.1) is 24.5 Å². The van der Waals surface area contributed by atoms with Crippen molar-refractivity contribution < 1.29 is 9.59 Å². The van der Waals surface area contributed by atoms with Crippen molar-refractivity contribution in [1.29, 1.82) is 0 Å². The second-order valence-corrected chi connectivity index (χ2v) is 5.18. The van der Waals surface area contributed by atoms with E-state index >= 15 is 0 Å². The van der Waals surface area contributed by atoms with Crippen molar-refractivity contribution in [2.45, 2.75) is 19.9 Å². The highest BCUT2D eigenvalue weighted by molar-refractivity contribution is 6.31. The van der Waals surface area contributed by atoms with E-state index in [1.54, 1.807) is 23.1 Å². The van der Waals surface area contributed by atoms with Gasteiger partial charge in [0.25, 0.3) is 0 Å². The fourth-order valence-electron chi connectivity index (χ4n) is 1.64. The van der Waals surface area contributed by atoms with Crippen LogP contribution < -0.4 is 16.8 Å². The van der Waals surface area contributed by atoms with Gasteiger partial charge in [-0.3, -0.25) is 14.5 Å². The highest BCUT2D eigenvalue weighted by Crippen LogP contribution is 2.22. The molecule has 1 rings (SSSR count). The molecule has 0 bridgehead atoms. The Bertz CT molecular complexity index is 505. The zero-order valence-electron chi connectivity index (χ0n) is 11.5. The first kappa shape index (κ1) is 16.3. The van der Waals surface area contributed by atoms with Crippen molar-refractivity contribution in [1.82, 2.24) is 4.90 Å². The van der Waals surface area contributed by atoms with Crippen LogP contribution in [-0.2, 0) is 9.59 Å². The molecule has 2 amide bonds. The maximum absolute atomic E-state index is 12.0. The van der Waals surface area contributed by atoms with E-state index in [0.717, 1.165) is 0 Å². The summed E-state index contributed by atoms with van der Waals surface area (Å²) in [5.74, 6) is -0.744. The standard InChI is InChI=1S/C13H19ClN4O2/c1-8(2)18(6-12(16)19)7-13(20)17-11-4-3-9(14)5-10(11)15/h3-5,8H,6-7,15H2,1-2H3,(H2,16,19)(H,17,20). The summed E-state index contributed by atoms with van der Waals surface area (Å²) in [5, 5.41) is 3.18. The van der Waals surface area contributed by atoms with Crippen LogP contribution in [0, 0.1) is 0 Å². The Balaban J connectivity index is 2.68. The monoisotopic (exact) mass is 298 g/mol. The number of nitrogen functional groups attached to an aromatic ring is 1. The van der Waals surface area contributed by atoms with Gasteiger partial charge >= 0.3 is 0 Å². The summed E-state index contributed by atoms with van der Waals surface area (Å²) < 4.78 is 0. The van der Waals surface area contributed by atoms with E-state index in [4.69, 9.17) is 23.1 Å². The summed E-state index contributed by atoms with van der Waals surface area (Å²) in [6.45, 7) is 3.85. The summed E-state index contributed by atoms with van der Waals surface area (Å²) >= 11 is 5.78. The molecule has 0 saturated carbocycles. The number of carbonyl (C=O) groups is 2. The van der Waals surface area contributed by atoms with Gasteiger partial charge in [0, 0.05) is 11.1 Å². The first-order valence-corrected chi connectivity index (χ1v) is 6.54. The van der Waals surface area contributed by atoms with Crippen molar-refractivity contribution in [2.75, 3.05) is 24.1 Å². The second kappa shape index (κ2) is 7.12. The molecule has 20 heavy (non-hydrogen) atoms. The average molecular weight is 299 g/mol. The highest BCUT2D eigenvalue weighted by atomic mass is 35.5. The molecule has 1 aromatic carbocycles. The summed E-state index contributed by atoms with van der Waals surface area (Å²) in [6.07, 6.45) is 0. The van der Waals surface area contributed by atoms with Crippen LogP contribution in [0.5, 0.6) is 0 Å². The minimum atomic E-state index is -0.475. The average Bonchev–Trinajstić information content (AvgIpc) is 2.31. The molecule has 0 atom stereocenters. The van der Waals surface area contributed by atoms with Crippen LogP contribution in [0.1, 0.15) is 13.8 Å². The number of hydrogen-bond acceptors (Lipinski definition) is 4. The van der Waals surface area contributed by atoms with E-state index in [1.807, 2.05) is 13.8 Å². The minimum absolute atomic E-state index is 0.0239. The molecular formula is C13H19ClN4O2. The van der Waals surface area contributed by atoms with E-state index in [-0.39, 0.29) is 25.0 Å². The lowest BCUT2D eigenvalue weighted by Gasteiger charge is -2.24. The fraction of sp³-hybridized carbons (Fsp3) is 0.385. The van der Waals surface area contributed by atoms with E-state index in [1.165, 1.54) is 0 Å². The Kier molecular flexibility index (Phi) is 5.79. The van der Waals surface area contributed by atoms with Crippen LogP contribution in [0.4, 0.5) is 11.4 Å². The van der Waals surface area contributed by atoms with Gasteiger partial charge in [0.2, 0.25) is 11.8 Å². The van der Waals surface area contributed by atoms with Crippen molar-refractivity contribution in [3.8, 4) is 0 Å². The van der Waals surface area contributed by atoms with Crippen LogP contribution in [0.25, 0.3) is 0 Å². The first-order chi connectivity index (χ1) is 9.29. The zero-order chi connectivity index (χ0) is 15.3. The molecule has 6 nitrogen and oxygen atoms in total. The zero-order valence-corrected chi connectivity index (χ0v) is 12.3. The molecule has 7 heteroatoms. The molecule has 0 aliphatic carbocycles. The number of nitrogens with zero attached hydrogens (tertiary/aromatic N) is 1. The Hall–Kier alpha value is -1.79. The van der Waals surface area contributed by atoms with Crippen LogP contribution in [-0.4, -0.2) is 35.8 Å². The van der Waals surface area contributed by atoms with Gasteiger partial charge in [-0.25, -0.2) is 0 Å². The molecule has 0 heterocycles. The molecule has 0 saturated heterocycles. The number of nitrogens with one attached hydrogen (secondary N) is 1. The Morgan fingerprint density at radius 2 is 2.00 bits per heavy atom. The predicted octanol–water partition coefficient (Wildman–Crippen LogP) is 1.06. The van der Waals surface area contributed by atoms with Gasteiger partial charge in [-0.15, -0.1) is 0 Å². The molecule has 5 N–H and O–H groups in total. The molecule has 0 fully saturated rings. The van der Waals surface area contributed by atoms with Gasteiger partial charge in [-0.05, 0) is 32.0 Å². The number of amides is 2. The number of hydrogen-bond donors (Lipinski definition) is 3. The fourth-order valence-corrected chi connectivity index (χ4v) is 1.82. The highest BCUT2D eigenvalue weighted by Gasteiger charge is 2.16. The molecule has 1 aromatic rings. The van der Waals surface area contributed by atoms with Crippen molar-refractivity contribution in [3.05, 3.63) is 23.2 Å². The molecular weight excluding hydrogens is 280 g/mol. The van der Waals surface area contributed by atoms with E-state index < -0.39 is 5.91 Å². The lowest BCUT2D eigenvalue weighted by atomic mass is 10.2. The Morgan fingerprint density at radius 3 is 2.50 bits per heavy atom. The van der Waals surface area contributed by atoms with Crippen molar-refractivity contribution in [3.63, 3.8) is 0 Å². The summed E-state index contributed by atoms with van der Waals surface area (Å²) in [6, 6.07) is 4.84. The SMILES string of the molecule is CC(C)N(CC(N)=O)CC(=O)Nc1ccc(Cl)cc1N. The topological polar surface area (TPSA) is 101 Å².